The number of ether oxygens (including phenoxy) is 1. The molecule has 1 aliphatic heterocycles. The number of nitrogens with zero attached hydrogens (tertiary/aromatic N) is 5. The molecule has 4 aromatic rings. The lowest BCUT2D eigenvalue weighted by atomic mass is 10.1. The van der Waals surface area contributed by atoms with Crippen LogP contribution in [0, 0.1) is 0 Å². The third-order valence-corrected chi connectivity index (χ3v) is 5.43. The minimum Gasteiger partial charge on any atom is -0.478 e. The van der Waals surface area contributed by atoms with Crippen LogP contribution < -0.4 is 10.2 Å². The minimum absolute atomic E-state index is 0.234. The monoisotopic (exact) mass is 430 g/mol. The van der Waals surface area contributed by atoms with Crippen LogP contribution in [0.2, 0.25) is 0 Å². The smallest absolute Gasteiger partial charge is 0.335 e. The van der Waals surface area contributed by atoms with Gasteiger partial charge in [-0.15, -0.1) is 0 Å². The molecule has 2 aromatic carbocycles. The molecule has 0 bridgehead atoms. The number of fused-ring (bicyclic) bond motifs is 1. The fourth-order valence-electron chi connectivity index (χ4n) is 3.68. The van der Waals surface area contributed by atoms with E-state index in [1.165, 1.54) is 0 Å². The first kappa shape index (κ1) is 20.0. The molecule has 5 rings (SSSR count). The second-order valence-electron chi connectivity index (χ2n) is 7.60. The lowest BCUT2D eigenvalue weighted by molar-refractivity contribution is 0.0697. The predicted octanol–water partition coefficient (Wildman–Crippen LogP) is 3.31. The van der Waals surface area contributed by atoms with E-state index in [9.17, 15) is 4.79 Å². The summed E-state index contributed by atoms with van der Waals surface area (Å²) in [5.41, 5.74) is 4.67. The van der Waals surface area contributed by atoms with Crippen LogP contribution in [0.3, 0.4) is 0 Å². The maximum absolute atomic E-state index is 11.1. The molecule has 0 saturated carbocycles. The van der Waals surface area contributed by atoms with Gasteiger partial charge in [-0.2, -0.15) is 4.98 Å². The van der Waals surface area contributed by atoms with E-state index in [0.29, 0.717) is 25.0 Å². The van der Waals surface area contributed by atoms with Gasteiger partial charge in [0.25, 0.3) is 0 Å². The molecule has 0 radical (unpaired) electrons. The topological polar surface area (TPSA) is 105 Å². The van der Waals surface area contributed by atoms with Gasteiger partial charge in [-0.25, -0.2) is 14.8 Å². The molecule has 9 nitrogen and oxygen atoms in total. The van der Waals surface area contributed by atoms with Gasteiger partial charge in [-0.3, -0.25) is 0 Å². The molecular weight excluding hydrogens is 408 g/mol. The number of nitrogens with one attached hydrogen (secondary N) is 1. The number of anilines is 3. The number of hydrogen-bond donors (Lipinski definition) is 2. The van der Waals surface area contributed by atoms with Gasteiger partial charge in [0, 0.05) is 37.5 Å². The van der Waals surface area contributed by atoms with Crippen LogP contribution in [0.1, 0.15) is 10.4 Å². The first-order valence-electron chi connectivity index (χ1n) is 10.3. The molecule has 3 heterocycles. The zero-order valence-corrected chi connectivity index (χ0v) is 17.5. The van der Waals surface area contributed by atoms with Crippen LogP contribution in [-0.4, -0.2) is 56.9 Å². The highest BCUT2D eigenvalue weighted by Gasteiger charge is 2.17. The van der Waals surface area contributed by atoms with Gasteiger partial charge in [0.15, 0.2) is 0 Å². The van der Waals surface area contributed by atoms with Gasteiger partial charge in [-0.1, -0.05) is 6.07 Å². The maximum atomic E-state index is 11.1. The van der Waals surface area contributed by atoms with Crippen LogP contribution in [0.25, 0.3) is 22.3 Å². The fourth-order valence-corrected chi connectivity index (χ4v) is 3.68. The van der Waals surface area contributed by atoms with Gasteiger partial charge in [0.1, 0.15) is 5.82 Å². The fraction of sp³-hybridized carbons (Fsp3) is 0.217. The van der Waals surface area contributed by atoms with E-state index in [4.69, 9.17) is 19.8 Å². The lowest BCUT2D eigenvalue weighted by Gasteiger charge is -2.27. The second kappa shape index (κ2) is 8.27. The maximum Gasteiger partial charge on any atom is 0.335 e. The Kier molecular flexibility index (Phi) is 5.16. The van der Waals surface area contributed by atoms with Crippen molar-refractivity contribution in [2.24, 2.45) is 7.05 Å². The highest BCUT2D eigenvalue weighted by atomic mass is 16.5. The number of aromatic carboxylic acids is 1. The van der Waals surface area contributed by atoms with E-state index in [0.717, 1.165) is 41.1 Å². The summed E-state index contributed by atoms with van der Waals surface area (Å²) in [7, 11) is 1.96. The number of carboxylic acids is 1. The number of rotatable bonds is 5. The van der Waals surface area contributed by atoms with Crippen molar-refractivity contribution in [1.29, 1.82) is 0 Å². The average molecular weight is 430 g/mol. The van der Waals surface area contributed by atoms with Crippen LogP contribution in [0.15, 0.2) is 54.9 Å². The Morgan fingerprint density at radius 2 is 1.84 bits per heavy atom. The first-order chi connectivity index (χ1) is 15.6. The Bertz CT molecular complexity index is 1280. The summed E-state index contributed by atoms with van der Waals surface area (Å²) < 4.78 is 7.45. The summed E-state index contributed by atoms with van der Waals surface area (Å²) >= 11 is 0. The summed E-state index contributed by atoms with van der Waals surface area (Å²) in [4.78, 5) is 27.2. The minimum atomic E-state index is -0.957. The molecule has 0 aliphatic carbocycles. The zero-order valence-electron chi connectivity index (χ0n) is 17.5. The largest absolute Gasteiger partial charge is 0.478 e. The SMILES string of the molecule is Cn1cnc2ccc(-c3cc(Nc4ccc(C(=O)O)cc4)nc(N4CCOCC4)n3)cc21. The van der Waals surface area contributed by atoms with E-state index in [-0.39, 0.29) is 5.56 Å². The standard InChI is InChI=1S/C23H22N6O3/c1-28-14-24-18-7-4-16(12-20(18)28)19-13-21(25-17-5-2-15(3-6-17)22(30)31)27-23(26-19)29-8-10-32-11-9-29/h2-7,12-14H,8-11H2,1H3,(H,30,31)(H,25,26,27). The zero-order chi connectivity index (χ0) is 22.1. The highest BCUT2D eigenvalue weighted by Crippen LogP contribution is 2.28. The summed E-state index contributed by atoms with van der Waals surface area (Å²) in [5, 5.41) is 12.4. The normalized spacial score (nSPS) is 14.0. The molecule has 0 atom stereocenters. The third-order valence-electron chi connectivity index (χ3n) is 5.43. The average Bonchev–Trinajstić information content (AvgIpc) is 3.20. The number of aryl methyl sites for hydroxylation is 1. The molecular formula is C23H22N6O3. The molecule has 0 unspecified atom stereocenters. The first-order valence-corrected chi connectivity index (χ1v) is 10.3. The van der Waals surface area contributed by atoms with Crippen LogP contribution >= 0.6 is 0 Å². The van der Waals surface area contributed by atoms with Crippen molar-refractivity contribution in [3.63, 3.8) is 0 Å². The molecule has 1 fully saturated rings. The van der Waals surface area contributed by atoms with E-state index in [1.807, 2.05) is 29.8 Å². The van der Waals surface area contributed by atoms with E-state index < -0.39 is 5.97 Å². The van der Waals surface area contributed by atoms with Gasteiger partial charge in [0.05, 0.1) is 41.8 Å². The molecule has 0 amide bonds. The Labute approximate surface area is 184 Å². The summed E-state index contributed by atoms with van der Waals surface area (Å²) in [5.74, 6) is 0.297. The third kappa shape index (κ3) is 3.97. The number of imidazole rings is 1. The predicted molar refractivity (Wildman–Crippen MR) is 121 cm³/mol. The molecule has 162 valence electrons. The van der Waals surface area contributed by atoms with Gasteiger partial charge in [-0.05, 0) is 36.4 Å². The van der Waals surface area contributed by atoms with Crippen molar-refractivity contribution in [3.8, 4) is 11.3 Å². The number of morpholine rings is 1. The van der Waals surface area contributed by atoms with E-state index >= 15 is 0 Å². The Balaban J connectivity index is 1.54. The van der Waals surface area contributed by atoms with Crippen molar-refractivity contribution >= 4 is 34.5 Å². The van der Waals surface area contributed by atoms with Crippen molar-refractivity contribution in [2.75, 3.05) is 36.5 Å². The molecule has 2 aromatic heterocycles. The van der Waals surface area contributed by atoms with Crippen molar-refractivity contribution < 1.29 is 14.6 Å². The summed E-state index contributed by atoms with van der Waals surface area (Å²) in [6.07, 6.45) is 1.79. The number of benzene rings is 2. The van der Waals surface area contributed by atoms with Gasteiger partial charge < -0.3 is 24.6 Å². The van der Waals surface area contributed by atoms with Crippen molar-refractivity contribution in [1.82, 2.24) is 19.5 Å². The quantitative estimate of drug-likeness (QED) is 0.497. The number of hydrogen-bond acceptors (Lipinski definition) is 7. The van der Waals surface area contributed by atoms with E-state index in [1.54, 1.807) is 30.6 Å². The molecule has 0 spiro atoms. The second-order valence-corrected chi connectivity index (χ2v) is 7.60. The number of carboxylic acid groups (broad SMARTS) is 1. The van der Waals surface area contributed by atoms with Crippen LogP contribution in [0.4, 0.5) is 17.5 Å². The van der Waals surface area contributed by atoms with Gasteiger partial charge >= 0.3 is 5.97 Å². The van der Waals surface area contributed by atoms with Crippen LogP contribution in [-0.2, 0) is 11.8 Å². The number of aromatic nitrogens is 4. The summed E-state index contributed by atoms with van der Waals surface area (Å²) in [6, 6.07) is 14.5. The number of carbonyl (C=O) groups is 1. The Morgan fingerprint density at radius 1 is 1.06 bits per heavy atom. The molecule has 1 aliphatic rings. The molecule has 32 heavy (non-hydrogen) atoms. The molecule has 9 heteroatoms. The highest BCUT2D eigenvalue weighted by molar-refractivity contribution is 5.88. The van der Waals surface area contributed by atoms with Gasteiger partial charge in [0.2, 0.25) is 5.95 Å². The Hall–Kier alpha value is -3.98. The van der Waals surface area contributed by atoms with Crippen molar-refractivity contribution in [2.45, 2.75) is 0 Å². The molecule has 1 saturated heterocycles. The summed E-state index contributed by atoms with van der Waals surface area (Å²) in [6.45, 7) is 2.70. The van der Waals surface area contributed by atoms with Crippen molar-refractivity contribution in [3.05, 3.63) is 60.4 Å². The van der Waals surface area contributed by atoms with E-state index in [2.05, 4.69) is 21.3 Å². The molecule has 2 N–H and O–H groups in total. The van der Waals surface area contributed by atoms with Crippen LogP contribution in [0.5, 0.6) is 0 Å². The lowest BCUT2D eigenvalue weighted by Crippen LogP contribution is -2.37. The Morgan fingerprint density at radius 3 is 2.59 bits per heavy atom.